The number of carbonyl (C=O) groups is 2. The molecule has 0 spiro atoms. The maximum Gasteiger partial charge on any atom is 0.232 e. The zero-order valence-electron chi connectivity index (χ0n) is 11.1. The van der Waals surface area contributed by atoms with E-state index in [4.69, 9.17) is 4.74 Å². The van der Waals surface area contributed by atoms with Gasteiger partial charge in [-0.05, 0) is 13.3 Å². The molecule has 0 aliphatic carbocycles. The van der Waals surface area contributed by atoms with Crippen LogP contribution in [0.2, 0.25) is 0 Å². The van der Waals surface area contributed by atoms with Crippen LogP contribution in [0.25, 0.3) is 0 Å². The molecule has 2 amide bonds. The van der Waals surface area contributed by atoms with Gasteiger partial charge in [-0.3, -0.25) is 9.59 Å². The van der Waals surface area contributed by atoms with Crippen molar-refractivity contribution in [3.8, 4) is 0 Å². The summed E-state index contributed by atoms with van der Waals surface area (Å²) in [5, 5.41) is 2.88. The minimum Gasteiger partial charge on any atom is -0.378 e. The van der Waals surface area contributed by atoms with E-state index in [2.05, 4.69) is 5.32 Å². The predicted octanol–water partition coefficient (Wildman–Crippen LogP) is 0.493. The molecule has 1 rings (SSSR count). The molecule has 1 fully saturated rings. The number of amides is 2. The van der Waals surface area contributed by atoms with E-state index in [1.807, 2.05) is 13.8 Å². The van der Waals surface area contributed by atoms with Gasteiger partial charge in [0.1, 0.15) is 0 Å². The third-order valence-corrected chi connectivity index (χ3v) is 3.76. The average Bonchev–Trinajstić information content (AvgIpc) is 2.39. The molecule has 0 aromatic rings. The fourth-order valence-electron chi connectivity index (χ4n) is 1.55. The van der Waals surface area contributed by atoms with Gasteiger partial charge < -0.3 is 15.0 Å². The first-order valence-electron chi connectivity index (χ1n) is 6.36. The summed E-state index contributed by atoms with van der Waals surface area (Å²) in [6.45, 7) is 6.56. The van der Waals surface area contributed by atoms with E-state index in [0.717, 1.165) is 6.42 Å². The minimum atomic E-state index is 0.00382. The molecule has 1 heterocycles. The summed E-state index contributed by atoms with van der Waals surface area (Å²) >= 11 is 1.37. The van der Waals surface area contributed by atoms with Crippen molar-refractivity contribution in [2.75, 3.05) is 37.8 Å². The Balaban J connectivity index is 2.12. The lowest BCUT2D eigenvalue weighted by Crippen LogP contribution is -2.41. The number of thioether (sulfide) groups is 1. The number of hydrogen-bond donors (Lipinski definition) is 1. The standard InChI is InChI=1S/C12H22N2O3S/c1-3-10(2)13-11(15)8-18-9-12(16)14-4-6-17-7-5-14/h10H,3-9H2,1-2H3,(H,13,15)/t10-/m0/s1. The molecule has 18 heavy (non-hydrogen) atoms. The Morgan fingerprint density at radius 2 is 2.00 bits per heavy atom. The molecule has 5 nitrogen and oxygen atoms in total. The van der Waals surface area contributed by atoms with Crippen LogP contribution in [-0.4, -0.2) is 60.6 Å². The lowest BCUT2D eigenvalue weighted by molar-refractivity contribution is -0.132. The summed E-state index contributed by atoms with van der Waals surface area (Å²) in [7, 11) is 0. The van der Waals surface area contributed by atoms with E-state index in [9.17, 15) is 9.59 Å². The van der Waals surface area contributed by atoms with Crippen LogP contribution < -0.4 is 5.32 Å². The molecule has 1 saturated heterocycles. The summed E-state index contributed by atoms with van der Waals surface area (Å²) < 4.78 is 5.18. The summed E-state index contributed by atoms with van der Waals surface area (Å²) in [6, 6.07) is 0.202. The van der Waals surface area contributed by atoms with Gasteiger partial charge in [-0.25, -0.2) is 0 Å². The quantitative estimate of drug-likeness (QED) is 0.766. The molecule has 1 aliphatic heterocycles. The Kier molecular flexibility index (Phi) is 7.12. The second kappa shape index (κ2) is 8.37. The third-order valence-electron chi connectivity index (χ3n) is 2.84. The Bertz CT molecular complexity index is 280. The smallest absolute Gasteiger partial charge is 0.232 e. The summed E-state index contributed by atoms with van der Waals surface area (Å²) in [5.41, 5.74) is 0. The summed E-state index contributed by atoms with van der Waals surface area (Å²) in [5.74, 6) is 0.817. The third kappa shape index (κ3) is 5.73. The highest BCUT2D eigenvalue weighted by molar-refractivity contribution is 8.00. The van der Waals surface area contributed by atoms with Crippen LogP contribution in [-0.2, 0) is 14.3 Å². The van der Waals surface area contributed by atoms with E-state index < -0.39 is 0 Å². The number of nitrogens with one attached hydrogen (secondary N) is 1. The second-order valence-electron chi connectivity index (χ2n) is 4.36. The van der Waals surface area contributed by atoms with E-state index in [1.165, 1.54) is 11.8 Å². The number of carbonyl (C=O) groups excluding carboxylic acids is 2. The Hall–Kier alpha value is -0.750. The van der Waals surface area contributed by atoms with Crippen molar-refractivity contribution in [3.05, 3.63) is 0 Å². The van der Waals surface area contributed by atoms with Crippen molar-refractivity contribution in [1.82, 2.24) is 10.2 Å². The molecule has 0 saturated carbocycles. The van der Waals surface area contributed by atoms with Crippen LogP contribution in [0.3, 0.4) is 0 Å². The first kappa shape index (κ1) is 15.3. The van der Waals surface area contributed by atoms with Crippen LogP contribution in [0.15, 0.2) is 0 Å². The van der Waals surface area contributed by atoms with Crippen LogP contribution in [0, 0.1) is 0 Å². The molecule has 1 atom stereocenters. The maximum absolute atomic E-state index is 11.8. The van der Waals surface area contributed by atoms with Gasteiger partial charge in [-0.1, -0.05) is 6.92 Å². The van der Waals surface area contributed by atoms with Gasteiger partial charge in [0.05, 0.1) is 24.7 Å². The lowest BCUT2D eigenvalue weighted by atomic mass is 10.3. The summed E-state index contributed by atoms with van der Waals surface area (Å²) in [6.07, 6.45) is 0.920. The largest absolute Gasteiger partial charge is 0.378 e. The fourth-order valence-corrected chi connectivity index (χ4v) is 2.28. The lowest BCUT2D eigenvalue weighted by Gasteiger charge is -2.26. The first-order valence-corrected chi connectivity index (χ1v) is 7.51. The topological polar surface area (TPSA) is 58.6 Å². The van der Waals surface area contributed by atoms with Crippen molar-refractivity contribution in [1.29, 1.82) is 0 Å². The van der Waals surface area contributed by atoms with E-state index >= 15 is 0 Å². The number of hydrogen-bond acceptors (Lipinski definition) is 4. The highest BCUT2D eigenvalue weighted by Crippen LogP contribution is 2.05. The molecule has 6 heteroatoms. The zero-order chi connectivity index (χ0) is 13.4. The molecular weight excluding hydrogens is 252 g/mol. The van der Waals surface area contributed by atoms with Crippen LogP contribution in [0.4, 0.5) is 0 Å². The monoisotopic (exact) mass is 274 g/mol. The molecule has 0 unspecified atom stereocenters. The molecule has 104 valence electrons. The highest BCUT2D eigenvalue weighted by atomic mass is 32.2. The molecule has 1 N–H and O–H groups in total. The van der Waals surface area contributed by atoms with Gasteiger partial charge in [0.2, 0.25) is 11.8 Å². The van der Waals surface area contributed by atoms with Gasteiger partial charge in [-0.2, -0.15) is 0 Å². The molecular formula is C12H22N2O3S. The van der Waals surface area contributed by atoms with E-state index in [1.54, 1.807) is 4.90 Å². The number of ether oxygens (including phenoxy) is 1. The Labute approximate surface area is 113 Å². The molecule has 0 bridgehead atoms. The van der Waals surface area contributed by atoms with Crippen LogP contribution >= 0.6 is 11.8 Å². The number of nitrogens with zero attached hydrogens (tertiary/aromatic N) is 1. The van der Waals surface area contributed by atoms with E-state index in [-0.39, 0.29) is 17.9 Å². The number of morpholine rings is 1. The van der Waals surface area contributed by atoms with Crippen molar-refractivity contribution in [2.24, 2.45) is 0 Å². The van der Waals surface area contributed by atoms with Crippen molar-refractivity contribution >= 4 is 23.6 Å². The van der Waals surface area contributed by atoms with Gasteiger partial charge in [0.25, 0.3) is 0 Å². The predicted molar refractivity (Wildman–Crippen MR) is 72.6 cm³/mol. The Morgan fingerprint density at radius 3 is 2.61 bits per heavy atom. The molecule has 0 radical (unpaired) electrons. The van der Waals surface area contributed by atoms with E-state index in [0.29, 0.717) is 37.8 Å². The number of rotatable bonds is 6. The first-order chi connectivity index (χ1) is 8.63. The Morgan fingerprint density at radius 1 is 1.33 bits per heavy atom. The molecule has 0 aromatic carbocycles. The zero-order valence-corrected chi connectivity index (χ0v) is 11.9. The van der Waals surface area contributed by atoms with Gasteiger partial charge in [0, 0.05) is 19.1 Å². The SMILES string of the molecule is CC[C@H](C)NC(=O)CSCC(=O)N1CCOCC1. The van der Waals surface area contributed by atoms with Crippen molar-refractivity contribution < 1.29 is 14.3 Å². The normalized spacial score (nSPS) is 17.3. The van der Waals surface area contributed by atoms with Crippen LogP contribution in [0.5, 0.6) is 0 Å². The van der Waals surface area contributed by atoms with Crippen LogP contribution in [0.1, 0.15) is 20.3 Å². The van der Waals surface area contributed by atoms with Crippen molar-refractivity contribution in [3.63, 3.8) is 0 Å². The fraction of sp³-hybridized carbons (Fsp3) is 0.833. The van der Waals surface area contributed by atoms with Gasteiger partial charge in [-0.15, -0.1) is 11.8 Å². The molecule has 0 aromatic heterocycles. The second-order valence-corrected chi connectivity index (χ2v) is 5.35. The van der Waals surface area contributed by atoms with Crippen molar-refractivity contribution in [2.45, 2.75) is 26.3 Å². The average molecular weight is 274 g/mol. The molecule has 1 aliphatic rings. The van der Waals surface area contributed by atoms with Gasteiger partial charge >= 0.3 is 0 Å². The maximum atomic E-state index is 11.8. The minimum absolute atomic E-state index is 0.00382. The van der Waals surface area contributed by atoms with Gasteiger partial charge in [0.15, 0.2) is 0 Å². The highest BCUT2D eigenvalue weighted by Gasteiger charge is 2.17. The summed E-state index contributed by atoms with van der Waals surface area (Å²) in [4.78, 5) is 25.1.